The lowest BCUT2D eigenvalue weighted by molar-refractivity contribution is 0.209. The van der Waals surface area contributed by atoms with Gasteiger partial charge in [-0.2, -0.15) is 0 Å². The smallest absolute Gasteiger partial charge is 0.120 e. The minimum Gasteiger partial charge on any atom is -0.491 e. The maximum absolute atomic E-state index is 5.76. The van der Waals surface area contributed by atoms with Crippen molar-refractivity contribution in [2.24, 2.45) is 0 Å². The third-order valence-electron chi connectivity index (χ3n) is 3.61. The lowest BCUT2D eigenvalue weighted by atomic mass is 10.1. The van der Waals surface area contributed by atoms with Crippen LogP contribution in [0.5, 0.6) is 5.75 Å². The highest BCUT2D eigenvalue weighted by molar-refractivity contribution is 5.28. The Morgan fingerprint density at radius 3 is 2.89 bits per heavy atom. The average Bonchev–Trinajstić information content (AvgIpc) is 2.89. The van der Waals surface area contributed by atoms with Crippen molar-refractivity contribution in [1.29, 1.82) is 0 Å². The highest BCUT2D eigenvalue weighted by atomic mass is 16.5. The molecular formula is C16H26N2O. The van der Waals surface area contributed by atoms with Crippen molar-refractivity contribution in [3.63, 3.8) is 0 Å². The number of likely N-dealkylation sites (N-methyl/N-ethyl adjacent to an activating group) is 1. The summed E-state index contributed by atoms with van der Waals surface area (Å²) < 4.78 is 5.76. The first kappa shape index (κ1) is 14.4. The van der Waals surface area contributed by atoms with E-state index in [0.717, 1.165) is 31.9 Å². The van der Waals surface area contributed by atoms with Crippen LogP contribution in [-0.4, -0.2) is 36.7 Å². The third-order valence-corrected chi connectivity index (χ3v) is 3.61. The lowest BCUT2D eigenvalue weighted by Gasteiger charge is -2.27. The molecule has 0 aliphatic carbocycles. The van der Waals surface area contributed by atoms with E-state index in [4.69, 9.17) is 4.74 Å². The topological polar surface area (TPSA) is 24.5 Å². The molecule has 1 unspecified atom stereocenters. The molecule has 2 rings (SSSR count). The van der Waals surface area contributed by atoms with E-state index in [1.54, 1.807) is 0 Å². The van der Waals surface area contributed by atoms with E-state index in [9.17, 15) is 0 Å². The largest absolute Gasteiger partial charge is 0.491 e. The zero-order valence-electron chi connectivity index (χ0n) is 12.4. The Bertz CT molecular complexity index is 386. The molecule has 1 aliphatic heterocycles. The van der Waals surface area contributed by atoms with Crippen molar-refractivity contribution in [2.75, 3.05) is 19.6 Å². The molecule has 1 aliphatic rings. The highest BCUT2D eigenvalue weighted by Crippen LogP contribution is 2.18. The average molecular weight is 262 g/mol. The quantitative estimate of drug-likeness (QED) is 0.853. The molecule has 0 spiro atoms. The second kappa shape index (κ2) is 6.92. The zero-order chi connectivity index (χ0) is 13.7. The normalized spacial score (nSPS) is 19.3. The number of nitrogens with one attached hydrogen (secondary N) is 1. The fraction of sp³-hybridized carbons (Fsp3) is 0.625. The molecule has 1 heterocycles. The van der Waals surface area contributed by atoms with Crippen LogP contribution < -0.4 is 10.1 Å². The monoisotopic (exact) mass is 262 g/mol. The fourth-order valence-electron chi connectivity index (χ4n) is 2.67. The van der Waals surface area contributed by atoms with E-state index in [2.05, 4.69) is 49.2 Å². The molecule has 0 aromatic heterocycles. The fourth-order valence-corrected chi connectivity index (χ4v) is 2.67. The molecule has 1 N–H and O–H groups in total. The molecule has 0 bridgehead atoms. The van der Waals surface area contributed by atoms with Crippen molar-refractivity contribution < 1.29 is 4.74 Å². The summed E-state index contributed by atoms with van der Waals surface area (Å²) in [4.78, 5) is 2.55. The van der Waals surface area contributed by atoms with E-state index >= 15 is 0 Å². The third kappa shape index (κ3) is 4.22. The summed E-state index contributed by atoms with van der Waals surface area (Å²) in [6.45, 7) is 10.8. The summed E-state index contributed by atoms with van der Waals surface area (Å²) in [5.41, 5.74) is 1.34. The van der Waals surface area contributed by atoms with Crippen LogP contribution in [0.15, 0.2) is 24.3 Å². The molecule has 0 amide bonds. The van der Waals surface area contributed by atoms with E-state index in [-0.39, 0.29) is 6.10 Å². The lowest BCUT2D eigenvalue weighted by Crippen LogP contribution is -2.36. The number of hydrogen-bond acceptors (Lipinski definition) is 3. The molecule has 19 heavy (non-hydrogen) atoms. The van der Waals surface area contributed by atoms with Gasteiger partial charge in [-0.05, 0) is 51.1 Å². The predicted octanol–water partition coefficient (Wildman–Crippen LogP) is 2.66. The summed E-state index contributed by atoms with van der Waals surface area (Å²) in [5.74, 6) is 0.980. The highest BCUT2D eigenvalue weighted by Gasteiger charge is 2.20. The number of hydrogen-bond donors (Lipinski definition) is 1. The van der Waals surface area contributed by atoms with Gasteiger partial charge in [0.25, 0.3) is 0 Å². The Balaban J connectivity index is 2.00. The van der Waals surface area contributed by atoms with Crippen LogP contribution in [0, 0.1) is 0 Å². The summed E-state index contributed by atoms with van der Waals surface area (Å²) in [6.07, 6.45) is 1.49. The van der Waals surface area contributed by atoms with Crippen LogP contribution in [0.3, 0.4) is 0 Å². The van der Waals surface area contributed by atoms with Crippen molar-refractivity contribution >= 4 is 0 Å². The first-order chi connectivity index (χ1) is 9.19. The summed E-state index contributed by atoms with van der Waals surface area (Å²) in [6, 6.07) is 9.17. The summed E-state index contributed by atoms with van der Waals surface area (Å²) in [7, 11) is 0. The molecule has 0 radical (unpaired) electrons. The Morgan fingerprint density at radius 1 is 1.42 bits per heavy atom. The zero-order valence-corrected chi connectivity index (χ0v) is 12.4. The Hall–Kier alpha value is -1.06. The van der Waals surface area contributed by atoms with Crippen LogP contribution in [0.2, 0.25) is 0 Å². The number of ether oxygens (including phenoxy) is 1. The van der Waals surface area contributed by atoms with E-state index in [1.165, 1.54) is 12.0 Å². The minimum absolute atomic E-state index is 0.233. The first-order valence-corrected chi connectivity index (χ1v) is 7.39. The van der Waals surface area contributed by atoms with Gasteiger partial charge in [-0.15, -0.1) is 0 Å². The van der Waals surface area contributed by atoms with Crippen molar-refractivity contribution in [3.8, 4) is 5.75 Å². The van der Waals surface area contributed by atoms with Gasteiger partial charge in [0.2, 0.25) is 0 Å². The maximum atomic E-state index is 5.76. The van der Waals surface area contributed by atoms with Crippen LogP contribution in [0.1, 0.15) is 32.8 Å². The summed E-state index contributed by atoms with van der Waals surface area (Å²) >= 11 is 0. The number of benzene rings is 1. The molecule has 1 fully saturated rings. The second-order valence-electron chi connectivity index (χ2n) is 5.52. The molecule has 1 aromatic carbocycles. The first-order valence-electron chi connectivity index (χ1n) is 7.39. The predicted molar refractivity (Wildman–Crippen MR) is 79.6 cm³/mol. The van der Waals surface area contributed by atoms with Gasteiger partial charge in [-0.25, -0.2) is 0 Å². The standard InChI is InChI=1S/C16H26N2O/c1-4-18(15-8-9-17-11-15)12-14-6-5-7-16(10-14)19-13(2)3/h5-7,10,13,15,17H,4,8-9,11-12H2,1-3H3. The SMILES string of the molecule is CCN(Cc1cccc(OC(C)C)c1)C1CCNC1. The Labute approximate surface area is 116 Å². The molecule has 106 valence electrons. The van der Waals surface area contributed by atoms with Gasteiger partial charge in [-0.1, -0.05) is 19.1 Å². The van der Waals surface area contributed by atoms with Crippen LogP contribution >= 0.6 is 0 Å². The second-order valence-corrected chi connectivity index (χ2v) is 5.52. The summed E-state index contributed by atoms with van der Waals surface area (Å²) in [5, 5.41) is 3.44. The van der Waals surface area contributed by atoms with Gasteiger partial charge in [0.05, 0.1) is 6.10 Å². The van der Waals surface area contributed by atoms with E-state index in [1.807, 2.05) is 6.07 Å². The number of nitrogens with zero attached hydrogens (tertiary/aromatic N) is 1. The molecule has 3 heteroatoms. The van der Waals surface area contributed by atoms with Crippen LogP contribution in [-0.2, 0) is 6.54 Å². The Kier molecular flexibility index (Phi) is 5.23. The van der Waals surface area contributed by atoms with Gasteiger partial charge in [0.1, 0.15) is 5.75 Å². The van der Waals surface area contributed by atoms with Crippen LogP contribution in [0.25, 0.3) is 0 Å². The van der Waals surface area contributed by atoms with Crippen molar-refractivity contribution in [1.82, 2.24) is 10.2 Å². The van der Waals surface area contributed by atoms with E-state index in [0.29, 0.717) is 6.04 Å². The molecule has 1 saturated heterocycles. The van der Waals surface area contributed by atoms with Gasteiger partial charge in [0, 0.05) is 19.1 Å². The molecular weight excluding hydrogens is 236 g/mol. The Morgan fingerprint density at radius 2 is 2.26 bits per heavy atom. The van der Waals surface area contributed by atoms with E-state index < -0.39 is 0 Å². The molecule has 0 saturated carbocycles. The molecule has 1 aromatic rings. The molecule has 1 atom stereocenters. The van der Waals surface area contributed by atoms with Gasteiger partial charge in [-0.3, -0.25) is 4.90 Å². The molecule has 3 nitrogen and oxygen atoms in total. The van der Waals surface area contributed by atoms with Crippen LogP contribution in [0.4, 0.5) is 0 Å². The van der Waals surface area contributed by atoms with Crippen molar-refractivity contribution in [3.05, 3.63) is 29.8 Å². The van der Waals surface area contributed by atoms with Gasteiger partial charge in [0.15, 0.2) is 0 Å². The number of rotatable bonds is 6. The minimum atomic E-state index is 0.233. The van der Waals surface area contributed by atoms with Gasteiger partial charge >= 0.3 is 0 Å². The maximum Gasteiger partial charge on any atom is 0.120 e. The van der Waals surface area contributed by atoms with Gasteiger partial charge < -0.3 is 10.1 Å². The van der Waals surface area contributed by atoms with Crippen molar-refractivity contribution in [2.45, 2.75) is 45.9 Å².